The Kier molecular flexibility index (Phi) is 4.71. The molecule has 136 valence electrons. The lowest BCUT2D eigenvalue weighted by atomic mass is 9.78. The zero-order valence-corrected chi connectivity index (χ0v) is 16.2. The van der Waals surface area contributed by atoms with Crippen LogP contribution in [0.3, 0.4) is 0 Å². The van der Waals surface area contributed by atoms with Crippen LogP contribution in [-0.2, 0) is 4.74 Å². The molecule has 0 unspecified atom stereocenters. The Balaban J connectivity index is 2.10. The van der Waals surface area contributed by atoms with Crippen LogP contribution in [0.4, 0.5) is 0 Å². The molecule has 2 aliphatic heterocycles. The van der Waals surface area contributed by atoms with E-state index in [1.54, 1.807) is 0 Å². The molecular weight excluding hydrogens is 292 g/mol. The van der Waals surface area contributed by atoms with Gasteiger partial charge in [-0.3, -0.25) is 0 Å². The van der Waals surface area contributed by atoms with Gasteiger partial charge in [0.25, 0.3) is 0 Å². The predicted molar refractivity (Wildman–Crippen MR) is 90.7 cm³/mol. The number of nitrogens with zero attached hydrogens (tertiary/aromatic N) is 2. The summed E-state index contributed by atoms with van der Waals surface area (Å²) < 4.78 is 6.50. The van der Waals surface area contributed by atoms with Gasteiger partial charge in [-0.15, -0.1) is 0 Å². The van der Waals surface area contributed by atoms with Crippen LogP contribution < -0.4 is 0 Å². The average Bonchev–Trinajstić information content (AvgIpc) is 2.31. The summed E-state index contributed by atoms with van der Waals surface area (Å²) >= 11 is 0. The van der Waals surface area contributed by atoms with Crippen LogP contribution in [0.5, 0.6) is 0 Å². The van der Waals surface area contributed by atoms with Crippen molar-refractivity contribution < 1.29 is 15.2 Å². The topological polar surface area (TPSA) is 56.2 Å². The lowest BCUT2D eigenvalue weighted by molar-refractivity contribution is -0.284. The van der Waals surface area contributed by atoms with Crippen LogP contribution in [0.15, 0.2) is 0 Å². The van der Waals surface area contributed by atoms with E-state index in [0.29, 0.717) is 0 Å². The number of hydroxylamine groups is 4. The molecule has 0 radical (unpaired) electrons. The zero-order chi connectivity index (χ0) is 17.8. The van der Waals surface area contributed by atoms with Gasteiger partial charge >= 0.3 is 0 Å². The van der Waals surface area contributed by atoms with E-state index in [2.05, 4.69) is 55.4 Å². The Morgan fingerprint density at radius 3 is 1.04 bits per heavy atom. The van der Waals surface area contributed by atoms with E-state index >= 15 is 0 Å². The van der Waals surface area contributed by atoms with E-state index in [9.17, 15) is 10.4 Å². The summed E-state index contributed by atoms with van der Waals surface area (Å²) in [5.74, 6) is 0. The van der Waals surface area contributed by atoms with Crippen molar-refractivity contribution in [1.29, 1.82) is 0 Å². The summed E-state index contributed by atoms with van der Waals surface area (Å²) in [7, 11) is 0. The summed E-state index contributed by atoms with van der Waals surface area (Å²) in [5.41, 5.74) is -1.19. The highest BCUT2D eigenvalue weighted by molar-refractivity contribution is 5.00. The minimum Gasteiger partial charge on any atom is -0.375 e. The summed E-state index contributed by atoms with van der Waals surface area (Å²) in [5, 5.41) is 23.8. The average molecular weight is 328 g/mol. The smallest absolute Gasteiger partial charge is 0.0615 e. The van der Waals surface area contributed by atoms with E-state index < -0.39 is 0 Å². The number of piperidine rings is 2. The molecule has 0 aromatic rings. The molecule has 0 atom stereocenters. The SMILES string of the molecule is CC1(C)CC(OC2CC(C)(C)N(O)C(C)(C)C2)CC(C)(C)N1O. The van der Waals surface area contributed by atoms with Crippen LogP contribution in [0.1, 0.15) is 81.1 Å². The Labute approximate surface area is 141 Å². The monoisotopic (exact) mass is 328 g/mol. The molecule has 0 amide bonds. The summed E-state index contributed by atoms with van der Waals surface area (Å²) in [4.78, 5) is 0. The largest absolute Gasteiger partial charge is 0.375 e. The van der Waals surface area contributed by atoms with E-state index in [1.165, 1.54) is 10.1 Å². The van der Waals surface area contributed by atoms with E-state index in [-0.39, 0.29) is 34.4 Å². The zero-order valence-electron chi connectivity index (χ0n) is 16.2. The van der Waals surface area contributed by atoms with E-state index in [1.807, 2.05) is 0 Å². The third kappa shape index (κ3) is 3.74. The van der Waals surface area contributed by atoms with Crippen molar-refractivity contribution in [3.63, 3.8) is 0 Å². The predicted octanol–water partition coefficient (Wildman–Crippen LogP) is 3.82. The second-order valence-corrected chi connectivity index (χ2v) is 10.1. The van der Waals surface area contributed by atoms with Crippen LogP contribution in [0.2, 0.25) is 0 Å². The highest BCUT2D eigenvalue weighted by Gasteiger charge is 2.49. The second-order valence-electron chi connectivity index (χ2n) is 10.1. The first-order valence-corrected chi connectivity index (χ1v) is 8.81. The van der Waals surface area contributed by atoms with E-state index in [0.717, 1.165) is 25.7 Å². The van der Waals surface area contributed by atoms with Crippen molar-refractivity contribution in [1.82, 2.24) is 10.1 Å². The minimum atomic E-state index is -0.296. The van der Waals surface area contributed by atoms with Crippen molar-refractivity contribution in [3.8, 4) is 0 Å². The van der Waals surface area contributed by atoms with Gasteiger partial charge in [0.1, 0.15) is 0 Å². The van der Waals surface area contributed by atoms with Gasteiger partial charge < -0.3 is 15.2 Å². The molecule has 5 heteroatoms. The molecule has 0 aromatic carbocycles. The molecule has 2 aliphatic rings. The highest BCUT2D eigenvalue weighted by atomic mass is 16.5. The lowest BCUT2D eigenvalue weighted by Gasteiger charge is -2.54. The molecule has 23 heavy (non-hydrogen) atoms. The first kappa shape index (κ1) is 19.1. The molecule has 0 aliphatic carbocycles. The van der Waals surface area contributed by atoms with Crippen LogP contribution in [-0.4, -0.2) is 54.9 Å². The summed E-state index contributed by atoms with van der Waals surface area (Å²) in [6.07, 6.45) is 3.51. The third-order valence-corrected chi connectivity index (χ3v) is 5.59. The van der Waals surface area contributed by atoms with E-state index in [4.69, 9.17) is 4.74 Å². The standard InChI is InChI=1S/C18H36N2O3/c1-15(2)9-13(10-16(3,4)19(15)21)23-14-11-17(5,6)20(22)18(7,8)12-14/h13-14,21-22H,9-12H2,1-8H3. The fraction of sp³-hybridized carbons (Fsp3) is 1.00. The Morgan fingerprint density at radius 1 is 0.609 bits per heavy atom. The fourth-order valence-corrected chi connectivity index (χ4v) is 4.82. The molecule has 2 heterocycles. The highest BCUT2D eigenvalue weighted by Crippen LogP contribution is 2.42. The van der Waals surface area contributed by atoms with Crippen LogP contribution in [0, 0.1) is 0 Å². The normalized spacial score (nSPS) is 32.1. The number of ether oxygens (including phenoxy) is 1. The summed E-state index contributed by atoms with van der Waals surface area (Å²) in [6.45, 7) is 16.5. The van der Waals surface area contributed by atoms with Crippen molar-refractivity contribution in [2.24, 2.45) is 0 Å². The minimum absolute atomic E-state index is 0.130. The first-order chi connectivity index (χ1) is 10.2. The van der Waals surface area contributed by atoms with Gasteiger partial charge in [0.05, 0.1) is 12.2 Å². The first-order valence-electron chi connectivity index (χ1n) is 8.81. The van der Waals surface area contributed by atoms with Gasteiger partial charge in [-0.1, -0.05) is 0 Å². The maximum absolute atomic E-state index is 10.4. The quantitative estimate of drug-likeness (QED) is 0.807. The lowest BCUT2D eigenvalue weighted by Crippen LogP contribution is -2.63. The van der Waals surface area contributed by atoms with Crippen LogP contribution in [0.25, 0.3) is 0 Å². The molecule has 2 rings (SSSR count). The van der Waals surface area contributed by atoms with Crippen molar-refractivity contribution >= 4 is 0 Å². The molecule has 0 bridgehead atoms. The van der Waals surface area contributed by atoms with Crippen molar-refractivity contribution in [3.05, 3.63) is 0 Å². The maximum atomic E-state index is 10.4. The molecule has 0 spiro atoms. The Morgan fingerprint density at radius 2 is 0.826 bits per heavy atom. The van der Waals surface area contributed by atoms with Gasteiger partial charge in [-0.25, -0.2) is 0 Å². The van der Waals surface area contributed by atoms with Gasteiger partial charge in [0, 0.05) is 22.2 Å². The van der Waals surface area contributed by atoms with Crippen LogP contribution >= 0.6 is 0 Å². The molecule has 0 aromatic heterocycles. The number of rotatable bonds is 2. The van der Waals surface area contributed by atoms with Gasteiger partial charge in [-0.05, 0) is 81.1 Å². The van der Waals surface area contributed by atoms with Gasteiger partial charge in [-0.2, -0.15) is 10.1 Å². The fourth-order valence-electron chi connectivity index (χ4n) is 4.82. The molecule has 2 fully saturated rings. The molecule has 2 N–H and O–H groups in total. The van der Waals surface area contributed by atoms with Crippen molar-refractivity contribution in [2.75, 3.05) is 0 Å². The molecular formula is C18H36N2O3. The Hall–Kier alpha value is -0.200. The molecule has 2 saturated heterocycles. The van der Waals surface area contributed by atoms with Gasteiger partial charge in [0.15, 0.2) is 0 Å². The molecule has 5 nitrogen and oxygen atoms in total. The molecule has 0 saturated carbocycles. The Bertz CT molecular complexity index is 370. The third-order valence-electron chi connectivity index (χ3n) is 5.59. The van der Waals surface area contributed by atoms with Crippen molar-refractivity contribution in [2.45, 2.75) is 115 Å². The number of hydrogen-bond acceptors (Lipinski definition) is 5. The number of hydrogen-bond donors (Lipinski definition) is 2. The maximum Gasteiger partial charge on any atom is 0.0615 e. The second kappa shape index (κ2) is 5.67. The van der Waals surface area contributed by atoms with Gasteiger partial charge in [0.2, 0.25) is 0 Å². The summed E-state index contributed by atoms with van der Waals surface area (Å²) in [6, 6.07) is 0.